The lowest BCUT2D eigenvalue weighted by Gasteiger charge is -2.08. The molecule has 0 bridgehead atoms. The molecule has 2 aromatic carbocycles. The van der Waals surface area contributed by atoms with Crippen LogP contribution in [0, 0.1) is 6.92 Å². The van der Waals surface area contributed by atoms with Crippen molar-refractivity contribution in [2.75, 3.05) is 5.43 Å². The van der Waals surface area contributed by atoms with E-state index in [9.17, 15) is 9.59 Å². The Morgan fingerprint density at radius 2 is 2.00 bits per heavy atom. The maximum Gasteiger partial charge on any atom is 0.280 e. The maximum atomic E-state index is 12.3. The minimum Gasteiger partial charge on any atom is -0.273 e. The van der Waals surface area contributed by atoms with Crippen LogP contribution in [0.25, 0.3) is 10.9 Å². The molecule has 0 unspecified atom stereocenters. The van der Waals surface area contributed by atoms with Crippen molar-refractivity contribution in [1.29, 1.82) is 0 Å². The molecule has 1 N–H and O–H groups in total. The molecule has 0 radical (unpaired) electrons. The van der Waals surface area contributed by atoms with Crippen molar-refractivity contribution in [2.45, 2.75) is 19.8 Å². The fraction of sp³-hybridized carbons (Fsp3) is 0.167. The Hall–Kier alpha value is -2.95. The molecule has 1 heterocycles. The van der Waals surface area contributed by atoms with Gasteiger partial charge in [-0.2, -0.15) is 0 Å². The Labute approximate surface area is 133 Å². The smallest absolute Gasteiger partial charge is 0.273 e. The van der Waals surface area contributed by atoms with Crippen LogP contribution in [0.15, 0.2) is 59.7 Å². The molecule has 5 heteroatoms. The van der Waals surface area contributed by atoms with Crippen LogP contribution in [0.3, 0.4) is 0 Å². The summed E-state index contributed by atoms with van der Waals surface area (Å²) >= 11 is 0. The van der Waals surface area contributed by atoms with Gasteiger partial charge in [0.05, 0.1) is 10.9 Å². The summed E-state index contributed by atoms with van der Waals surface area (Å²) < 4.78 is 1.14. The van der Waals surface area contributed by atoms with Gasteiger partial charge < -0.3 is 0 Å². The fourth-order valence-electron chi connectivity index (χ4n) is 2.46. The van der Waals surface area contributed by atoms with E-state index in [4.69, 9.17) is 0 Å². The standard InChI is InChI=1S/C18H17N3O2/c1-13-5-4-6-14(11-13)9-10-17(22)20-21-12-19-16-8-3-2-7-15(16)18(21)23/h2-8,11-12H,9-10H2,1H3,(H,20,22). The summed E-state index contributed by atoms with van der Waals surface area (Å²) in [5, 5.41) is 0.481. The number of nitrogens with one attached hydrogen (secondary N) is 1. The molecular weight excluding hydrogens is 290 g/mol. The van der Waals surface area contributed by atoms with Gasteiger partial charge in [0.1, 0.15) is 6.33 Å². The summed E-state index contributed by atoms with van der Waals surface area (Å²) in [6, 6.07) is 15.1. The van der Waals surface area contributed by atoms with E-state index in [0.29, 0.717) is 23.7 Å². The van der Waals surface area contributed by atoms with E-state index in [1.54, 1.807) is 18.2 Å². The Bertz CT molecular complexity index is 915. The molecule has 3 rings (SSSR count). The normalized spacial score (nSPS) is 10.7. The van der Waals surface area contributed by atoms with Crippen LogP contribution in [0.2, 0.25) is 0 Å². The lowest BCUT2D eigenvalue weighted by Crippen LogP contribution is -2.33. The number of fused-ring (bicyclic) bond motifs is 1. The molecule has 0 fully saturated rings. The van der Waals surface area contributed by atoms with Crippen LogP contribution in [0.4, 0.5) is 0 Å². The van der Waals surface area contributed by atoms with E-state index in [1.165, 1.54) is 6.33 Å². The van der Waals surface area contributed by atoms with E-state index in [-0.39, 0.29) is 11.5 Å². The Morgan fingerprint density at radius 1 is 1.17 bits per heavy atom. The number of hydrogen-bond donors (Lipinski definition) is 1. The van der Waals surface area contributed by atoms with E-state index in [2.05, 4.69) is 16.5 Å². The molecule has 1 aromatic heterocycles. The van der Waals surface area contributed by atoms with Gasteiger partial charge in [-0.05, 0) is 31.0 Å². The van der Waals surface area contributed by atoms with Gasteiger partial charge in [0.2, 0.25) is 5.91 Å². The van der Waals surface area contributed by atoms with Gasteiger partial charge in [-0.25, -0.2) is 9.66 Å². The predicted molar refractivity (Wildman–Crippen MR) is 89.9 cm³/mol. The first-order valence-corrected chi connectivity index (χ1v) is 7.45. The fourth-order valence-corrected chi connectivity index (χ4v) is 2.46. The first kappa shape index (κ1) is 15.0. The second kappa shape index (κ2) is 6.44. The molecular formula is C18H17N3O2. The molecule has 0 saturated carbocycles. The minimum absolute atomic E-state index is 0.217. The second-order valence-electron chi connectivity index (χ2n) is 5.46. The molecule has 0 spiro atoms. The summed E-state index contributed by atoms with van der Waals surface area (Å²) in [4.78, 5) is 28.5. The van der Waals surface area contributed by atoms with Crippen LogP contribution < -0.4 is 11.0 Å². The highest BCUT2D eigenvalue weighted by Gasteiger charge is 2.07. The first-order chi connectivity index (χ1) is 11.1. The molecule has 0 aliphatic heterocycles. The third-order valence-electron chi connectivity index (χ3n) is 3.63. The van der Waals surface area contributed by atoms with Crippen molar-refractivity contribution in [2.24, 2.45) is 0 Å². The van der Waals surface area contributed by atoms with Crippen molar-refractivity contribution < 1.29 is 4.79 Å². The van der Waals surface area contributed by atoms with Crippen LogP contribution in [-0.4, -0.2) is 15.6 Å². The highest BCUT2D eigenvalue weighted by atomic mass is 16.2. The van der Waals surface area contributed by atoms with Crippen LogP contribution >= 0.6 is 0 Å². The SMILES string of the molecule is Cc1cccc(CCC(=O)Nn2cnc3ccccc3c2=O)c1. The van der Waals surface area contributed by atoms with Crippen molar-refractivity contribution in [1.82, 2.24) is 9.66 Å². The number of para-hydroxylation sites is 1. The zero-order chi connectivity index (χ0) is 16.2. The predicted octanol–water partition coefficient (Wildman–Crippen LogP) is 2.41. The average Bonchev–Trinajstić information content (AvgIpc) is 2.56. The van der Waals surface area contributed by atoms with Gasteiger partial charge in [0.25, 0.3) is 5.56 Å². The highest BCUT2D eigenvalue weighted by Crippen LogP contribution is 2.07. The van der Waals surface area contributed by atoms with Crippen LogP contribution in [-0.2, 0) is 11.2 Å². The van der Waals surface area contributed by atoms with Crippen LogP contribution in [0.5, 0.6) is 0 Å². The molecule has 23 heavy (non-hydrogen) atoms. The topological polar surface area (TPSA) is 64.0 Å². The Kier molecular flexibility index (Phi) is 4.19. The number of aryl methyl sites for hydroxylation is 2. The quantitative estimate of drug-likeness (QED) is 0.805. The maximum absolute atomic E-state index is 12.3. The molecule has 5 nitrogen and oxygen atoms in total. The minimum atomic E-state index is -0.278. The summed E-state index contributed by atoms with van der Waals surface area (Å²) in [6.07, 6.45) is 2.28. The van der Waals surface area contributed by atoms with Crippen molar-refractivity contribution in [3.8, 4) is 0 Å². The van der Waals surface area contributed by atoms with E-state index < -0.39 is 0 Å². The first-order valence-electron chi connectivity index (χ1n) is 7.45. The number of amides is 1. The van der Waals surface area contributed by atoms with Gasteiger partial charge in [0, 0.05) is 6.42 Å². The van der Waals surface area contributed by atoms with Gasteiger partial charge in [-0.3, -0.25) is 15.0 Å². The molecule has 0 atom stereocenters. The van der Waals surface area contributed by atoms with Gasteiger partial charge in [-0.1, -0.05) is 42.0 Å². The van der Waals surface area contributed by atoms with E-state index in [0.717, 1.165) is 15.8 Å². The van der Waals surface area contributed by atoms with Gasteiger partial charge in [-0.15, -0.1) is 0 Å². The summed E-state index contributed by atoms with van der Waals surface area (Å²) in [7, 11) is 0. The molecule has 0 aliphatic rings. The number of carbonyl (C=O) groups is 1. The van der Waals surface area contributed by atoms with Crippen molar-refractivity contribution in [3.05, 3.63) is 76.3 Å². The summed E-state index contributed by atoms with van der Waals surface area (Å²) in [5.74, 6) is -0.217. The Morgan fingerprint density at radius 3 is 2.83 bits per heavy atom. The van der Waals surface area contributed by atoms with E-state index in [1.807, 2.05) is 31.2 Å². The molecule has 1 amide bonds. The monoisotopic (exact) mass is 307 g/mol. The number of nitrogens with zero attached hydrogens (tertiary/aromatic N) is 2. The lowest BCUT2D eigenvalue weighted by atomic mass is 10.1. The summed E-state index contributed by atoms with van der Waals surface area (Å²) in [5.41, 5.74) is 5.19. The number of rotatable bonds is 4. The average molecular weight is 307 g/mol. The number of carbonyl (C=O) groups excluding carboxylic acids is 1. The Balaban J connectivity index is 1.71. The second-order valence-corrected chi connectivity index (χ2v) is 5.46. The molecule has 0 saturated heterocycles. The number of hydrogen-bond acceptors (Lipinski definition) is 3. The third-order valence-corrected chi connectivity index (χ3v) is 3.63. The van der Waals surface area contributed by atoms with Crippen LogP contribution in [0.1, 0.15) is 17.5 Å². The zero-order valence-electron chi connectivity index (χ0n) is 12.8. The lowest BCUT2D eigenvalue weighted by molar-refractivity contribution is -0.117. The summed E-state index contributed by atoms with van der Waals surface area (Å²) in [6.45, 7) is 2.02. The van der Waals surface area contributed by atoms with Gasteiger partial charge in [0.15, 0.2) is 0 Å². The molecule has 0 aliphatic carbocycles. The number of benzene rings is 2. The zero-order valence-corrected chi connectivity index (χ0v) is 12.8. The highest BCUT2D eigenvalue weighted by molar-refractivity contribution is 5.84. The number of aromatic nitrogens is 2. The van der Waals surface area contributed by atoms with Gasteiger partial charge >= 0.3 is 0 Å². The van der Waals surface area contributed by atoms with E-state index >= 15 is 0 Å². The molecule has 3 aromatic rings. The van der Waals surface area contributed by atoms with Crippen molar-refractivity contribution >= 4 is 16.8 Å². The largest absolute Gasteiger partial charge is 0.280 e. The third kappa shape index (κ3) is 3.45. The van der Waals surface area contributed by atoms with Crippen molar-refractivity contribution in [3.63, 3.8) is 0 Å². The molecule has 116 valence electrons.